The van der Waals surface area contributed by atoms with Gasteiger partial charge in [0.1, 0.15) is 0 Å². The van der Waals surface area contributed by atoms with Gasteiger partial charge in [-0.15, -0.1) is 0 Å². The molecule has 0 bridgehead atoms. The van der Waals surface area contributed by atoms with Crippen LogP contribution in [0.25, 0.3) is 4.85 Å². The van der Waals surface area contributed by atoms with Gasteiger partial charge in [-0.05, 0) is 84.5 Å². The Bertz CT molecular complexity index is 1220. The van der Waals surface area contributed by atoms with Crippen LogP contribution in [0.15, 0.2) is 23.4 Å². The molecule has 0 aliphatic heterocycles. The molecule has 3 saturated carbocycles. The number of rotatable bonds is 2. The third-order valence-electron chi connectivity index (χ3n) is 12.9. The lowest BCUT2D eigenvalue weighted by molar-refractivity contribution is -0.171. The molecular weight excluding hydrogens is 474 g/mol. The first-order chi connectivity index (χ1) is 17.5. The third kappa shape index (κ3) is 3.37. The van der Waals surface area contributed by atoms with Crippen molar-refractivity contribution in [3.05, 3.63) is 34.8 Å². The Balaban J connectivity index is 1.63. The first-order valence-corrected chi connectivity index (χ1v) is 14.5. The number of Topliss-reactive ketones (excluding diaryl/α,β-unsaturated/α-hetero) is 1. The topological polar surface area (TPSA) is 64.8 Å². The number of carbonyl (C=O) groups is 3. The second-order valence-electron chi connectivity index (χ2n) is 15.3. The summed E-state index contributed by atoms with van der Waals surface area (Å²) in [4.78, 5) is 43.6. The Kier molecular flexibility index (Phi) is 5.87. The Morgan fingerprint density at radius 2 is 1.68 bits per heavy atom. The zero-order valence-electron chi connectivity index (χ0n) is 24.6. The molecule has 0 aromatic heterocycles. The fourth-order valence-corrected chi connectivity index (χ4v) is 10.3. The van der Waals surface area contributed by atoms with Crippen molar-refractivity contribution in [3.8, 4) is 0 Å². The van der Waals surface area contributed by atoms with Crippen LogP contribution in [-0.4, -0.2) is 24.6 Å². The average Bonchev–Trinajstić information content (AvgIpc) is 2.84. The molecule has 5 nitrogen and oxygen atoms in total. The minimum atomic E-state index is -0.642. The van der Waals surface area contributed by atoms with Crippen LogP contribution in [0.2, 0.25) is 0 Å². The number of carbonyl (C=O) groups excluding carboxylic acids is 3. The predicted octanol–water partition coefficient (Wildman–Crippen LogP) is 7.12. The van der Waals surface area contributed by atoms with Crippen LogP contribution >= 0.6 is 0 Å². The van der Waals surface area contributed by atoms with Gasteiger partial charge in [0.2, 0.25) is 5.70 Å². The van der Waals surface area contributed by atoms with E-state index in [2.05, 4.69) is 39.5 Å². The van der Waals surface area contributed by atoms with Crippen LogP contribution in [-0.2, 0) is 19.1 Å². The summed E-state index contributed by atoms with van der Waals surface area (Å²) in [5, 5.41) is 0. The number of hydrogen-bond acceptors (Lipinski definition) is 4. The molecule has 8 atom stereocenters. The number of esters is 1. The lowest BCUT2D eigenvalue weighted by atomic mass is 9.34. The second-order valence-corrected chi connectivity index (χ2v) is 15.3. The van der Waals surface area contributed by atoms with Crippen molar-refractivity contribution in [1.29, 1.82) is 0 Å². The van der Waals surface area contributed by atoms with Crippen LogP contribution in [0.1, 0.15) is 99.8 Å². The third-order valence-corrected chi connectivity index (χ3v) is 12.9. The van der Waals surface area contributed by atoms with Gasteiger partial charge in [-0.25, -0.2) is 4.85 Å². The number of ketones is 2. The van der Waals surface area contributed by atoms with Crippen molar-refractivity contribution in [2.24, 2.45) is 50.2 Å². The van der Waals surface area contributed by atoms with E-state index in [-0.39, 0.29) is 62.6 Å². The number of nitrogens with zero attached hydrogens (tertiary/aromatic N) is 1. The van der Waals surface area contributed by atoms with E-state index in [1.807, 2.05) is 26.0 Å². The normalized spacial score (nSPS) is 47.3. The second kappa shape index (κ2) is 8.15. The highest BCUT2D eigenvalue weighted by atomic mass is 16.5. The lowest BCUT2D eigenvalue weighted by Crippen LogP contribution is -2.64. The number of ether oxygens (including phenoxy) is 1. The van der Waals surface area contributed by atoms with E-state index in [0.717, 1.165) is 50.5 Å². The first kappa shape index (κ1) is 27.4. The van der Waals surface area contributed by atoms with Gasteiger partial charge in [0, 0.05) is 16.7 Å². The summed E-state index contributed by atoms with van der Waals surface area (Å²) in [6.45, 7) is 23.2. The van der Waals surface area contributed by atoms with Crippen molar-refractivity contribution in [1.82, 2.24) is 0 Å². The van der Waals surface area contributed by atoms with Crippen molar-refractivity contribution in [3.63, 3.8) is 0 Å². The van der Waals surface area contributed by atoms with Gasteiger partial charge < -0.3 is 9.53 Å². The molecule has 5 aliphatic carbocycles. The van der Waals surface area contributed by atoms with Gasteiger partial charge in [0.25, 0.3) is 0 Å². The quantitative estimate of drug-likeness (QED) is 0.288. The van der Waals surface area contributed by atoms with Crippen molar-refractivity contribution in [2.75, 3.05) is 7.11 Å². The Morgan fingerprint density at radius 1 is 1.03 bits per heavy atom. The van der Waals surface area contributed by atoms with Crippen LogP contribution in [0, 0.1) is 56.8 Å². The summed E-state index contributed by atoms with van der Waals surface area (Å²) in [6, 6.07) is 0. The summed E-state index contributed by atoms with van der Waals surface area (Å²) in [7, 11) is 1.46. The molecule has 0 spiro atoms. The fourth-order valence-electron chi connectivity index (χ4n) is 10.3. The molecular formula is C33H45NO4. The zero-order chi connectivity index (χ0) is 28.1. The maximum atomic E-state index is 14.4. The highest BCUT2D eigenvalue weighted by Crippen LogP contribution is 2.74. The summed E-state index contributed by atoms with van der Waals surface area (Å²) >= 11 is 0. The van der Waals surface area contributed by atoms with E-state index in [4.69, 9.17) is 11.3 Å². The molecule has 3 fully saturated rings. The highest BCUT2D eigenvalue weighted by molar-refractivity contribution is 6.03. The Labute approximate surface area is 228 Å². The zero-order valence-corrected chi connectivity index (χ0v) is 24.6. The average molecular weight is 520 g/mol. The SMILES string of the molecule is [C-]#[N+]C1=C[C@]2(C)C3=CC(=O)[C@@H]4[C@@H]5C[C@@](C)(CC(=O)OC)CC[C@]5(C)CC[C@@]4(C)[C@]3(C)CC[C@H]2C(C)(C)C1=O. The molecule has 5 aliphatic rings. The van der Waals surface area contributed by atoms with Crippen molar-refractivity contribution >= 4 is 17.5 Å². The van der Waals surface area contributed by atoms with E-state index in [1.165, 1.54) is 7.11 Å². The van der Waals surface area contributed by atoms with E-state index >= 15 is 0 Å². The van der Waals surface area contributed by atoms with Crippen LogP contribution in [0.3, 0.4) is 0 Å². The number of hydrogen-bond donors (Lipinski definition) is 0. The minimum absolute atomic E-state index is 0.0622. The van der Waals surface area contributed by atoms with Crippen molar-refractivity contribution < 1.29 is 19.1 Å². The van der Waals surface area contributed by atoms with Crippen LogP contribution in [0.5, 0.6) is 0 Å². The molecule has 206 valence electrons. The lowest BCUT2D eigenvalue weighted by Gasteiger charge is -2.69. The van der Waals surface area contributed by atoms with E-state index in [0.29, 0.717) is 6.42 Å². The molecule has 0 heterocycles. The maximum Gasteiger partial charge on any atom is 0.306 e. The van der Waals surface area contributed by atoms with Crippen LogP contribution < -0.4 is 0 Å². The highest BCUT2D eigenvalue weighted by Gasteiger charge is 2.69. The van der Waals surface area contributed by atoms with E-state index in [9.17, 15) is 14.4 Å². The maximum absolute atomic E-state index is 14.4. The van der Waals surface area contributed by atoms with Gasteiger partial charge >= 0.3 is 5.97 Å². The molecule has 5 heteroatoms. The Hall–Kier alpha value is -2.22. The summed E-state index contributed by atoms with van der Waals surface area (Å²) in [6.07, 6.45) is 11.1. The summed E-state index contributed by atoms with van der Waals surface area (Å²) < 4.78 is 5.05. The van der Waals surface area contributed by atoms with E-state index in [1.54, 1.807) is 0 Å². The predicted molar refractivity (Wildman–Crippen MR) is 147 cm³/mol. The molecule has 0 amide bonds. The Morgan fingerprint density at radius 3 is 2.32 bits per heavy atom. The smallest absolute Gasteiger partial charge is 0.306 e. The molecule has 0 saturated heterocycles. The van der Waals surface area contributed by atoms with Gasteiger partial charge in [-0.2, -0.15) is 0 Å². The van der Waals surface area contributed by atoms with Gasteiger partial charge in [0.05, 0.1) is 20.1 Å². The molecule has 0 radical (unpaired) electrons. The number of methoxy groups -OCH3 is 1. The van der Waals surface area contributed by atoms with E-state index < -0.39 is 10.8 Å². The van der Waals surface area contributed by atoms with Crippen molar-refractivity contribution in [2.45, 2.75) is 99.8 Å². The summed E-state index contributed by atoms with van der Waals surface area (Å²) in [5.74, 6) is 0.179. The minimum Gasteiger partial charge on any atom is -0.469 e. The number of fused-ring (bicyclic) bond motifs is 7. The molecule has 5 rings (SSSR count). The van der Waals surface area contributed by atoms with Gasteiger partial charge in [0.15, 0.2) is 11.6 Å². The molecule has 0 unspecified atom stereocenters. The fraction of sp³-hybridized carbons (Fsp3) is 0.758. The standard InChI is InChI=1S/C33H45NO4/c1-28(2)23-10-11-32(6)24(31(23,5)18-21(34-8)27(28)37)16-22(35)26-20-17-29(3,19-25(36)38-9)12-13-30(20,4)14-15-33(26,32)7/h16,18,20,23,26H,10-15,17,19H2,1-7,9H3/t20-,23-,26-,29-,30+,31-,32+,33+/m0/s1. The van der Waals surface area contributed by atoms with Crippen LogP contribution in [0.4, 0.5) is 0 Å². The van der Waals surface area contributed by atoms with Gasteiger partial charge in [-0.3, -0.25) is 9.59 Å². The number of allylic oxidation sites excluding steroid dienone is 4. The first-order valence-electron chi connectivity index (χ1n) is 14.5. The summed E-state index contributed by atoms with van der Waals surface area (Å²) in [5.41, 5.74) is -0.261. The molecule has 0 aromatic rings. The molecule has 0 aromatic carbocycles. The molecule has 0 N–H and O–H groups in total. The molecule has 38 heavy (non-hydrogen) atoms. The largest absolute Gasteiger partial charge is 0.469 e. The monoisotopic (exact) mass is 519 g/mol. The van der Waals surface area contributed by atoms with Gasteiger partial charge in [-0.1, -0.05) is 60.1 Å².